The van der Waals surface area contributed by atoms with E-state index in [1.807, 2.05) is 0 Å². The molecule has 0 aliphatic carbocycles. The molecule has 0 heterocycles. The zero-order valence-corrected chi connectivity index (χ0v) is 7.78. The average Bonchev–Trinajstić information content (AvgIpc) is 1.89. The second-order valence-corrected chi connectivity index (χ2v) is 3.60. The van der Waals surface area contributed by atoms with Crippen LogP contribution in [0.5, 0.6) is 0 Å². The molecule has 0 aromatic carbocycles. The Balaban J connectivity index is 3.56. The van der Waals surface area contributed by atoms with Crippen LogP contribution < -0.4 is 0 Å². The molecular formula is C10H20. The molecule has 0 radical (unpaired) electrons. The van der Waals surface area contributed by atoms with E-state index in [0.717, 1.165) is 0 Å². The van der Waals surface area contributed by atoms with Crippen molar-refractivity contribution >= 4 is 0 Å². The Morgan fingerprint density at radius 3 is 2.10 bits per heavy atom. The first-order valence-corrected chi connectivity index (χ1v) is 4.27. The summed E-state index contributed by atoms with van der Waals surface area (Å²) in [6.45, 7) is 9.05. The Bertz CT molecular complexity index is 98.6. The predicted octanol–water partition coefficient (Wildman–Crippen LogP) is 3.78. The molecule has 10 heavy (non-hydrogen) atoms. The molecular weight excluding hydrogens is 120 g/mol. The predicted molar refractivity (Wildman–Crippen MR) is 48.1 cm³/mol. The van der Waals surface area contributed by atoms with Gasteiger partial charge in [-0.2, -0.15) is 0 Å². The lowest BCUT2D eigenvalue weighted by Gasteiger charge is -2.19. The summed E-state index contributed by atoms with van der Waals surface area (Å²) in [7, 11) is 0. The Labute approximate surface area is 65.3 Å². The highest BCUT2D eigenvalue weighted by Crippen LogP contribution is 2.24. The molecule has 0 nitrogen and oxygen atoms in total. The van der Waals surface area contributed by atoms with Crippen LogP contribution in [0.25, 0.3) is 0 Å². The quantitative estimate of drug-likeness (QED) is 0.521. The highest BCUT2D eigenvalue weighted by atomic mass is 14.2. The third-order valence-corrected chi connectivity index (χ3v) is 2.03. The van der Waals surface area contributed by atoms with Crippen LogP contribution in [0.1, 0.15) is 47.0 Å². The fraction of sp³-hybridized carbons (Fsp3) is 0.800. The van der Waals surface area contributed by atoms with Crippen LogP contribution in [-0.2, 0) is 0 Å². The minimum absolute atomic E-state index is 0.506. The molecule has 0 amide bonds. The van der Waals surface area contributed by atoms with E-state index >= 15 is 0 Å². The van der Waals surface area contributed by atoms with Crippen LogP contribution >= 0.6 is 0 Å². The van der Waals surface area contributed by atoms with Gasteiger partial charge < -0.3 is 0 Å². The van der Waals surface area contributed by atoms with Crippen molar-refractivity contribution in [3.05, 3.63) is 12.2 Å². The maximum atomic E-state index is 2.31. The lowest BCUT2D eigenvalue weighted by molar-refractivity contribution is 0.356. The SMILES string of the molecule is CC/C=C/CC(C)(C)CC. The molecule has 0 fully saturated rings. The Kier molecular flexibility index (Phi) is 4.42. The fourth-order valence-electron chi connectivity index (χ4n) is 0.713. The van der Waals surface area contributed by atoms with Gasteiger partial charge in [0.25, 0.3) is 0 Å². The van der Waals surface area contributed by atoms with E-state index in [9.17, 15) is 0 Å². The number of allylic oxidation sites excluding steroid dienone is 2. The number of hydrogen-bond donors (Lipinski definition) is 0. The smallest absolute Gasteiger partial charge is 0.0299 e. The third kappa shape index (κ3) is 4.60. The first-order valence-electron chi connectivity index (χ1n) is 4.27. The minimum atomic E-state index is 0.506. The summed E-state index contributed by atoms with van der Waals surface area (Å²) >= 11 is 0. The topological polar surface area (TPSA) is 0 Å². The minimum Gasteiger partial charge on any atom is -0.0888 e. The Morgan fingerprint density at radius 1 is 1.10 bits per heavy atom. The standard InChI is InChI=1S/C10H20/c1-5-7-8-9-10(3,4)6-2/h7-8H,5-6,9H2,1-4H3/b8-7+. The molecule has 0 N–H and O–H groups in total. The van der Waals surface area contributed by atoms with E-state index in [-0.39, 0.29) is 0 Å². The molecule has 0 unspecified atom stereocenters. The van der Waals surface area contributed by atoms with E-state index in [4.69, 9.17) is 0 Å². The molecule has 60 valence electrons. The van der Waals surface area contributed by atoms with E-state index in [0.29, 0.717) is 5.41 Å². The van der Waals surface area contributed by atoms with Gasteiger partial charge in [0, 0.05) is 0 Å². The van der Waals surface area contributed by atoms with Crippen molar-refractivity contribution < 1.29 is 0 Å². The molecule has 0 aromatic rings. The zero-order valence-electron chi connectivity index (χ0n) is 7.78. The van der Waals surface area contributed by atoms with E-state index < -0.39 is 0 Å². The van der Waals surface area contributed by atoms with Crippen LogP contribution in [0.15, 0.2) is 12.2 Å². The summed E-state index contributed by atoms with van der Waals surface area (Å²) in [4.78, 5) is 0. The van der Waals surface area contributed by atoms with Crippen molar-refractivity contribution in [2.45, 2.75) is 47.0 Å². The van der Waals surface area contributed by atoms with E-state index in [1.165, 1.54) is 19.3 Å². The molecule has 0 rings (SSSR count). The van der Waals surface area contributed by atoms with E-state index in [1.54, 1.807) is 0 Å². The molecule has 0 saturated heterocycles. The maximum Gasteiger partial charge on any atom is -0.0299 e. The van der Waals surface area contributed by atoms with Gasteiger partial charge in [0.05, 0.1) is 0 Å². The zero-order chi connectivity index (χ0) is 8.04. The van der Waals surface area contributed by atoms with Gasteiger partial charge in [0.15, 0.2) is 0 Å². The van der Waals surface area contributed by atoms with Gasteiger partial charge >= 0.3 is 0 Å². The van der Waals surface area contributed by atoms with Crippen molar-refractivity contribution in [2.24, 2.45) is 5.41 Å². The highest BCUT2D eigenvalue weighted by molar-refractivity contribution is 4.85. The Hall–Kier alpha value is -0.260. The first-order chi connectivity index (χ1) is 4.62. The molecule has 0 aliphatic rings. The lowest BCUT2D eigenvalue weighted by Crippen LogP contribution is -2.06. The van der Waals surface area contributed by atoms with Gasteiger partial charge in [-0.25, -0.2) is 0 Å². The molecule has 0 heteroatoms. The monoisotopic (exact) mass is 140 g/mol. The third-order valence-electron chi connectivity index (χ3n) is 2.03. The van der Waals surface area contributed by atoms with Gasteiger partial charge in [-0.1, -0.05) is 46.3 Å². The molecule has 0 atom stereocenters. The average molecular weight is 140 g/mol. The molecule has 0 spiro atoms. The number of rotatable bonds is 4. The van der Waals surface area contributed by atoms with E-state index in [2.05, 4.69) is 39.8 Å². The summed E-state index contributed by atoms with van der Waals surface area (Å²) in [6, 6.07) is 0. The highest BCUT2D eigenvalue weighted by Gasteiger charge is 2.11. The summed E-state index contributed by atoms with van der Waals surface area (Å²) < 4.78 is 0. The largest absolute Gasteiger partial charge is 0.0888 e. The van der Waals surface area contributed by atoms with Crippen LogP contribution in [0.2, 0.25) is 0 Å². The second kappa shape index (κ2) is 4.54. The van der Waals surface area contributed by atoms with Gasteiger partial charge in [0.1, 0.15) is 0 Å². The van der Waals surface area contributed by atoms with Crippen LogP contribution in [0.3, 0.4) is 0 Å². The molecule has 0 aromatic heterocycles. The normalized spacial score (nSPS) is 12.8. The van der Waals surface area contributed by atoms with Crippen molar-refractivity contribution in [1.29, 1.82) is 0 Å². The summed E-state index contributed by atoms with van der Waals surface area (Å²) in [5, 5.41) is 0. The molecule has 0 aliphatic heterocycles. The molecule has 0 bridgehead atoms. The fourth-order valence-corrected chi connectivity index (χ4v) is 0.713. The van der Waals surface area contributed by atoms with Crippen LogP contribution in [-0.4, -0.2) is 0 Å². The van der Waals surface area contributed by atoms with Crippen LogP contribution in [0.4, 0.5) is 0 Å². The van der Waals surface area contributed by atoms with Gasteiger partial charge in [-0.3, -0.25) is 0 Å². The maximum absolute atomic E-state index is 2.31. The summed E-state index contributed by atoms with van der Waals surface area (Å²) in [6.07, 6.45) is 8.19. The summed E-state index contributed by atoms with van der Waals surface area (Å²) in [5.74, 6) is 0. The van der Waals surface area contributed by atoms with Crippen molar-refractivity contribution in [3.8, 4) is 0 Å². The first kappa shape index (κ1) is 9.74. The lowest BCUT2D eigenvalue weighted by atomic mass is 9.86. The van der Waals surface area contributed by atoms with Gasteiger partial charge in [-0.05, 0) is 18.3 Å². The van der Waals surface area contributed by atoms with Crippen molar-refractivity contribution in [3.63, 3.8) is 0 Å². The van der Waals surface area contributed by atoms with Gasteiger partial charge in [-0.15, -0.1) is 0 Å². The van der Waals surface area contributed by atoms with Gasteiger partial charge in [0.2, 0.25) is 0 Å². The molecule has 0 saturated carbocycles. The Morgan fingerprint density at radius 2 is 1.70 bits per heavy atom. The summed E-state index contributed by atoms with van der Waals surface area (Å²) in [5.41, 5.74) is 0.506. The number of hydrogen-bond acceptors (Lipinski definition) is 0. The second-order valence-electron chi connectivity index (χ2n) is 3.60. The van der Waals surface area contributed by atoms with Crippen LogP contribution in [0, 0.1) is 5.41 Å². The van der Waals surface area contributed by atoms with Crippen molar-refractivity contribution in [1.82, 2.24) is 0 Å². The van der Waals surface area contributed by atoms with Crippen molar-refractivity contribution in [2.75, 3.05) is 0 Å².